The van der Waals surface area contributed by atoms with E-state index in [-0.39, 0.29) is 5.57 Å². The third-order valence-corrected chi connectivity index (χ3v) is 7.51. The summed E-state index contributed by atoms with van der Waals surface area (Å²) in [6.45, 7) is 2.57. The third-order valence-electron chi connectivity index (χ3n) is 7.51. The number of aliphatic hydroxyl groups excluding tert-OH is 4. The maximum absolute atomic E-state index is 12.8. The second-order valence-electron chi connectivity index (χ2n) is 9.95. The van der Waals surface area contributed by atoms with Crippen LogP contribution in [0.5, 0.6) is 0 Å². The molecule has 0 saturated carbocycles. The molecular weight excluding hydrogens is 516 g/mol. The number of ether oxygens (including phenoxy) is 2. The Morgan fingerprint density at radius 2 is 1.80 bits per heavy atom. The van der Waals surface area contributed by atoms with Gasteiger partial charge in [-0.3, -0.25) is 4.79 Å². The number of hydrogen-bond acceptors (Lipinski definition) is 9. The summed E-state index contributed by atoms with van der Waals surface area (Å²) in [4.78, 5) is 15.2. The second kappa shape index (κ2) is 11.8. The number of rotatable bonds is 6. The average molecular weight is 549 g/mol. The van der Waals surface area contributed by atoms with Gasteiger partial charge in [0.1, 0.15) is 36.0 Å². The van der Waals surface area contributed by atoms with Gasteiger partial charge in [0.25, 0.3) is 5.91 Å². The summed E-state index contributed by atoms with van der Waals surface area (Å²) >= 11 is 0. The van der Waals surface area contributed by atoms with Gasteiger partial charge in [0, 0.05) is 37.2 Å². The van der Waals surface area contributed by atoms with Crippen LogP contribution in [0.3, 0.4) is 0 Å². The number of amides is 1. The molecule has 11 nitrogen and oxygen atoms in total. The number of nitriles is 1. The Kier molecular flexibility index (Phi) is 8.18. The van der Waals surface area contributed by atoms with Crippen molar-refractivity contribution in [1.29, 1.82) is 5.26 Å². The zero-order chi connectivity index (χ0) is 28.4. The molecule has 2 aliphatic heterocycles. The van der Waals surface area contributed by atoms with Gasteiger partial charge in [-0.05, 0) is 52.7 Å². The van der Waals surface area contributed by atoms with E-state index in [2.05, 4.69) is 40.5 Å². The minimum Gasteiger partial charge on any atom is -0.394 e. The zero-order valence-corrected chi connectivity index (χ0v) is 22.0. The van der Waals surface area contributed by atoms with Crippen LogP contribution in [-0.4, -0.2) is 94.5 Å². The molecule has 2 fully saturated rings. The maximum atomic E-state index is 12.8. The first-order chi connectivity index (χ1) is 19.3. The van der Waals surface area contributed by atoms with Crippen LogP contribution in [0.4, 0.5) is 5.69 Å². The van der Waals surface area contributed by atoms with E-state index in [0.717, 1.165) is 48.3 Å². The molecular formula is C29H32N4O7. The highest BCUT2D eigenvalue weighted by atomic mass is 16.6. The van der Waals surface area contributed by atoms with Gasteiger partial charge < -0.3 is 44.7 Å². The van der Waals surface area contributed by atoms with Gasteiger partial charge in [-0.25, -0.2) is 0 Å². The molecule has 2 aliphatic rings. The molecule has 1 amide bonds. The van der Waals surface area contributed by atoms with E-state index in [9.17, 15) is 30.5 Å². The summed E-state index contributed by atoms with van der Waals surface area (Å²) < 4.78 is 12.4. The summed E-state index contributed by atoms with van der Waals surface area (Å²) in [5.74, 6) is -0.853. The highest BCUT2D eigenvalue weighted by molar-refractivity contribution is 6.02. The topological polar surface area (TPSA) is 160 Å². The van der Waals surface area contributed by atoms with Crippen molar-refractivity contribution in [3.63, 3.8) is 0 Å². The summed E-state index contributed by atoms with van der Waals surface area (Å²) in [7, 11) is 1.83. The number of fused-ring (bicyclic) bond motifs is 1. The normalized spacial score (nSPS) is 25.6. The van der Waals surface area contributed by atoms with Crippen LogP contribution < -0.4 is 10.2 Å². The fourth-order valence-electron chi connectivity index (χ4n) is 5.15. The lowest BCUT2D eigenvalue weighted by Gasteiger charge is -2.40. The molecule has 0 spiro atoms. The molecule has 0 bridgehead atoms. The zero-order valence-electron chi connectivity index (χ0n) is 22.0. The lowest BCUT2D eigenvalue weighted by atomic mass is 9.97. The Balaban J connectivity index is 1.34. The summed E-state index contributed by atoms with van der Waals surface area (Å²) in [5, 5.41) is 54.0. The van der Waals surface area contributed by atoms with Crippen molar-refractivity contribution in [2.45, 2.75) is 30.6 Å². The van der Waals surface area contributed by atoms with Crippen LogP contribution in [0.2, 0.25) is 0 Å². The number of aliphatic hydroxyl groups is 4. The maximum Gasteiger partial charge on any atom is 0.262 e. The van der Waals surface area contributed by atoms with Gasteiger partial charge in [-0.15, -0.1) is 0 Å². The van der Waals surface area contributed by atoms with E-state index in [1.165, 1.54) is 11.8 Å². The first-order valence-electron chi connectivity index (χ1n) is 13.1. The van der Waals surface area contributed by atoms with Gasteiger partial charge in [0.15, 0.2) is 6.29 Å². The smallest absolute Gasteiger partial charge is 0.262 e. The first-order valence-corrected chi connectivity index (χ1v) is 13.1. The van der Waals surface area contributed by atoms with E-state index in [1.54, 1.807) is 6.07 Å². The van der Waals surface area contributed by atoms with E-state index in [0.29, 0.717) is 5.69 Å². The SMILES string of the molecule is Cn1c(/C=C(\C#N)C(=O)NC2C(O)O[C@H](CO)[C@@H](O)[C@@H]2O)ccc1-c1ccc2cc(N3CCOCC3)ccc2c1. The van der Waals surface area contributed by atoms with Gasteiger partial charge in [0.05, 0.1) is 19.8 Å². The second-order valence-corrected chi connectivity index (χ2v) is 9.95. The molecule has 3 heterocycles. The molecule has 0 radical (unpaired) electrons. The summed E-state index contributed by atoms with van der Waals surface area (Å²) in [5.41, 5.74) is 3.34. The van der Waals surface area contributed by atoms with Crippen LogP contribution in [0.1, 0.15) is 5.69 Å². The van der Waals surface area contributed by atoms with E-state index in [4.69, 9.17) is 9.47 Å². The van der Waals surface area contributed by atoms with Gasteiger partial charge in [-0.2, -0.15) is 5.26 Å². The predicted octanol–water partition coefficient (Wildman–Crippen LogP) is 0.505. The van der Waals surface area contributed by atoms with Gasteiger partial charge >= 0.3 is 0 Å². The number of anilines is 1. The molecule has 0 aliphatic carbocycles. The first kappa shape index (κ1) is 27.8. The van der Waals surface area contributed by atoms with Crippen molar-refractivity contribution in [1.82, 2.24) is 9.88 Å². The van der Waals surface area contributed by atoms with Gasteiger partial charge in [-0.1, -0.05) is 18.2 Å². The fraction of sp³-hybridized carbons (Fsp3) is 0.379. The molecule has 2 saturated heterocycles. The molecule has 3 aromatic rings. The molecule has 40 heavy (non-hydrogen) atoms. The van der Waals surface area contributed by atoms with Crippen LogP contribution in [0.25, 0.3) is 28.1 Å². The van der Waals surface area contributed by atoms with Crippen LogP contribution >= 0.6 is 0 Å². The number of carbonyl (C=O) groups is 1. The van der Waals surface area contributed by atoms with Gasteiger partial charge in [0.2, 0.25) is 0 Å². The highest BCUT2D eigenvalue weighted by Crippen LogP contribution is 2.29. The fourth-order valence-corrected chi connectivity index (χ4v) is 5.15. The number of aromatic nitrogens is 1. The van der Waals surface area contributed by atoms with Crippen molar-refractivity contribution < 1.29 is 34.7 Å². The third kappa shape index (κ3) is 5.46. The Labute approximate surface area is 231 Å². The Bertz CT molecular complexity index is 1460. The van der Waals surface area contributed by atoms with Crippen molar-refractivity contribution in [3.05, 3.63) is 59.8 Å². The molecule has 2 unspecified atom stereocenters. The molecule has 5 N–H and O–H groups in total. The molecule has 5 rings (SSSR count). The lowest BCUT2D eigenvalue weighted by Crippen LogP contribution is -2.64. The molecule has 11 heteroatoms. The average Bonchev–Trinajstić information content (AvgIpc) is 3.35. The number of carbonyl (C=O) groups excluding carboxylic acids is 1. The number of hydrogen-bond donors (Lipinski definition) is 5. The lowest BCUT2D eigenvalue weighted by molar-refractivity contribution is -0.253. The van der Waals surface area contributed by atoms with Crippen molar-refractivity contribution in [3.8, 4) is 17.3 Å². The number of nitrogens with one attached hydrogen (secondary N) is 1. The minimum atomic E-state index is -1.68. The number of nitrogens with zero attached hydrogens (tertiary/aromatic N) is 3. The summed E-state index contributed by atoms with van der Waals surface area (Å²) in [6.07, 6.45) is -4.61. The van der Waals surface area contributed by atoms with Crippen LogP contribution in [0.15, 0.2) is 54.1 Å². The molecule has 2 aromatic carbocycles. The van der Waals surface area contributed by atoms with E-state index >= 15 is 0 Å². The molecule has 1 aromatic heterocycles. The quantitative estimate of drug-likeness (QED) is 0.218. The van der Waals surface area contributed by atoms with E-state index in [1.807, 2.05) is 29.8 Å². The Morgan fingerprint density at radius 1 is 1.07 bits per heavy atom. The summed E-state index contributed by atoms with van der Waals surface area (Å²) in [6, 6.07) is 16.7. The van der Waals surface area contributed by atoms with E-state index < -0.39 is 43.2 Å². The predicted molar refractivity (Wildman–Crippen MR) is 147 cm³/mol. The Morgan fingerprint density at radius 3 is 2.52 bits per heavy atom. The molecule has 5 atom stereocenters. The van der Waals surface area contributed by atoms with Crippen molar-refractivity contribution in [2.24, 2.45) is 7.05 Å². The van der Waals surface area contributed by atoms with Crippen LogP contribution in [-0.2, 0) is 21.3 Å². The largest absolute Gasteiger partial charge is 0.394 e. The monoisotopic (exact) mass is 548 g/mol. The number of benzene rings is 2. The van der Waals surface area contributed by atoms with Crippen molar-refractivity contribution in [2.75, 3.05) is 37.8 Å². The standard InChI is InChI=1S/C29H32N4O7/c1-32-21(14-20(15-30)28(37)31-25-27(36)26(35)24(16-34)40-29(25)38)6-7-23(32)19-3-2-18-13-22(5-4-17(18)12-19)33-8-10-39-11-9-33/h2-7,12-14,24-27,29,34-36,38H,8-11,16H2,1H3,(H,31,37)/b20-14+/t24-,25?,26-,27-,29?/m1/s1. The molecule has 210 valence electrons. The van der Waals surface area contributed by atoms with Crippen LogP contribution in [0, 0.1) is 11.3 Å². The van der Waals surface area contributed by atoms with Crippen molar-refractivity contribution >= 4 is 28.4 Å². The Hall–Kier alpha value is -3.76. The highest BCUT2D eigenvalue weighted by Gasteiger charge is 2.44. The minimum absolute atomic E-state index is 0.264. The number of morpholine rings is 1.